The fraction of sp³-hybridized carbons (Fsp3) is 0.417. The van der Waals surface area contributed by atoms with E-state index in [9.17, 15) is 4.79 Å². The maximum Gasteiger partial charge on any atom is 0.404 e. The second kappa shape index (κ2) is 5.39. The van der Waals surface area contributed by atoms with Gasteiger partial charge in [-0.25, -0.2) is 4.79 Å². The van der Waals surface area contributed by atoms with Gasteiger partial charge in [-0.15, -0.1) is 0 Å². The molecule has 0 spiro atoms. The van der Waals surface area contributed by atoms with Gasteiger partial charge in [-0.05, 0) is 23.5 Å². The Kier molecular flexibility index (Phi) is 4.16. The average Bonchev–Trinajstić information content (AvgIpc) is 2.25. The molecule has 0 saturated heterocycles. The number of hydrogen-bond donors (Lipinski definition) is 2. The number of nitrogens with one attached hydrogen (secondary N) is 1. The van der Waals surface area contributed by atoms with Gasteiger partial charge in [-0.3, -0.25) is 0 Å². The summed E-state index contributed by atoms with van der Waals surface area (Å²) in [6.07, 6.45) is 0.0818. The van der Waals surface area contributed by atoms with Crippen molar-refractivity contribution in [2.24, 2.45) is 0 Å². The first-order valence-corrected chi connectivity index (χ1v) is 5.19. The molecular formula is C12H17NO2. The van der Waals surface area contributed by atoms with Crippen LogP contribution in [0.4, 0.5) is 4.79 Å². The van der Waals surface area contributed by atoms with Crippen LogP contribution in [-0.2, 0) is 6.54 Å². The first kappa shape index (κ1) is 11.6. The molecule has 0 saturated carbocycles. The Hall–Kier alpha value is -1.51. The minimum atomic E-state index is -0.978. The van der Waals surface area contributed by atoms with Gasteiger partial charge in [0.1, 0.15) is 0 Å². The number of benzene rings is 1. The minimum absolute atomic E-state index is 0.385. The van der Waals surface area contributed by atoms with E-state index in [1.165, 1.54) is 5.56 Å². The van der Waals surface area contributed by atoms with E-state index in [0.29, 0.717) is 12.5 Å². The molecule has 1 atom stereocenters. The molecule has 0 radical (unpaired) electrons. The molecule has 0 heterocycles. The minimum Gasteiger partial charge on any atom is -0.465 e. The zero-order valence-corrected chi connectivity index (χ0v) is 9.16. The number of amides is 1. The molecule has 0 aliphatic heterocycles. The lowest BCUT2D eigenvalue weighted by Crippen LogP contribution is -2.21. The van der Waals surface area contributed by atoms with Gasteiger partial charge in [0, 0.05) is 6.54 Å². The Morgan fingerprint density at radius 3 is 2.73 bits per heavy atom. The third kappa shape index (κ3) is 3.27. The largest absolute Gasteiger partial charge is 0.465 e. The number of rotatable bonds is 4. The Labute approximate surface area is 90.1 Å². The lowest BCUT2D eigenvalue weighted by atomic mass is 9.94. The second-order valence-electron chi connectivity index (χ2n) is 3.67. The zero-order valence-electron chi connectivity index (χ0n) is 9.16. The Bertz CT molecular complexity index is 336. The molecule has 1 aromatic rings. The Morgan fingerprint density at radius 1 is 1.47 bits per heavy atom. The third-order valence-electron chi connectivity index (χ3n) is 2.63. The molecule has 15 heavy (non-hydrogen) atoms. The van der Waals surface area contributed by atoms with Crippen LogP contribution in [0, 0.1) is 0 Å². The summed E-state index contributed by atoms with van der Waals surface area (Å²) in [5, 5.41) is 10.9. The molecule has 3 heteroatoms. The summed E-state index contributed by atoms with van der Waals surface area (Å²) in [6, 6.07) is 7.96. The third-order valence-corrected chi connectivity index (χ3v) is 2.63. The summed E-state index contributed by atoms with van der Waals surface area (Å²) in [7, 11) is 0. The van der Waals surface area contributed by atoms with E-state index in [4.69, 9.17) is 5.11 Å². The van der Waals surface area contributed by atoms with Gasteiger partial charge >= 0.3 is 6.09 Å². The highest BCUT2D eigenvalue weighted by atomic mass is 16.4. The van der Waals surface area contributed by atoms with Gasteiger partial charge in [0.05, 0.1) is 0 Å². The molecular weight excluding hydrogens is 190 g/mol. The van der Waals surface area contributed by atoms with Crippen molar-refractivity contribution in [1.29, 1.82) is 0 Å². The second-order valence-corrected chi connectivity index (χ2v) is 3.67. The first-order valence-electron chi connectivity index (χ1n) is 5.19. The van der Waals surface area contributed by atoms with E-state index in [-0.39, 0.29) is 0 Å². The van der Waals surface area contributed by atoms with Gasteiger partial charge in [-0.1, -0.05) is 38.1 Å². The van der Waals surface area contributed by atoms with Gasteiger partial charge in [-0.2, -0.15) is 0 Å². The SMILES string of the molecule is CCC(C)c1ccccc1CNC(=O)O. The van der Waals surface area contributed by atoms with E-state index in [1.807, 2.05) is 18.2 Å². The number of hydrogen-bond acceptors (Lipinski definition) is 1. The van der Waals surface area contributed by atoms with Crippen molar-refractivity contribution in [3.63, 3.8) is 0 Å². The van der Waals surface area contributed by atoms with Crippen LogP contribution in [0.15, 0.2) is 24.3 Å². The topological polar surface area (TPSA) is 49.3 Å². The zero-order chi connectivity index (χ0) is 11.3. The van der Waals surface area contributed by atoms with E-state index in [0.717, 1.165) is 12.0 Å². The van der Waals surface area contributed by atoms with Crippen LogP contribution < -0.4 is 5.32 Å². The van der Waals surface area contributed by atoms with Gasteiger partial charge < -0.3 is 10.4 Å². The predicted octanol–water partition coefficient (Wildman–Crippen LogP) is 2.97. The van der Waals surface area contributed by atoms with Crippen LogP contribution in [0.5, 0.6) is 0 Å². The van der Waals surface area contributed by atoms with Crippen LogP contribution in [0.1, 0.15) is 37.3 Å². The fourth-order valence-electron chi connectivity index (χ4n) is 1.57. The smallest absolute Gasteiger partial charge is 0.404 e. The molecule has 2 N–H and O–H groups in total. The van der Waals surface area contributed by atoms with E-state index in [2.05, 4.69) is 25.2 Å². The normalized spacial score (nSPS) is 12.1. The highest BCUT2D eigenvalue weighted by Gasteiger charge is 2.08. The molecule has 82 valence electrons. The summed E-state index contributed by atoms with van der Waals surface area (Å²) in [5.41, 5.74) is 2.29. The highest BCUT2D eigenvalue weighted by Crippen LogP contribution is 2.22. The summed E-state index contributed by atoms with van der Waals surface area (Å²) < 4.78 is 0. The van der Waals surface area contributed by atoms with Gasteiger partial charge in [0.25, 0.3) is 0 Å². The van der Waals surface area contributed by atoms with Crippen molar-refractivity contribution in [2.45, 2.75) is 32.7 Å². The Balaban J connectivity index is 2.81. The van der Waals surface area contributed by atoms with Crippen LogP contribution >= 0.6 is 0 Å². The van der Waals surface area contributed by atoms with E-state index >= 15 is 0 Å². The lowest BCUT2D eigenvalue weighted by Gasteiger charge is -2.14. The summed E-state index contributed by atoms with van der Waals surface area (Å²) in [5.74, 6) is 0.469. The number of carbonyl (C=O) groups is 1. The summed E-state index contributed by atoms with van der Waals surface area (Å²) in [4.78, 5) is 10.4. The summed E-state index contributed by atoms with van der Waals surface area (Å²) in [6.45, 7) is 4.67. The van der Waals surface area contributed by atoms with Crippen LogP contribution in [0.2, 0.25) is 0 Å². The van der Waals surface area contributed by atoms with Crippen molar-refractivity contribution in [1.82, 2.24) is 5.32 Å². The molecule has 0 aliphatic rings. The molecule has 0 bridgehead atoms. The molecule has 1 rings (SSSR count). The molecule has 3 nitrogen and oxygen atoms in total. The molecule has 0 aliphatic carbocycles. The quantitative estimate of drug-likeness (QED) is 0.797. The van der Waals surface area contributed by atoms with E-state index in [1.54, 1.807) is 0 Å². The standard InChI is InChI=1S/C12H17NO2/c1-3-9(2)11-7-5-4-6-10(11)8-13-12(14)15/h4-7,9,13H,3,8H2,1-2H3,(H,14,15). The molecule has 1 aromatic carbocycles. The first-order chi connectivity index (χ1) is 7.15. The van der Waals surface area contributed by atoms with Gasteiger partial charge in [0.15, 0.2) is 0 Å². The van der Waals surface area contributed by atoms with Crippen molar-refractivity contribution >= 4 is 6.09 Å². The van der Waals surface area contributed by atoms with Crippen molar-refractivity contribution in [3.8, 4) is 0 Å². The molecule has 1 amide bonds. The van der Waals surface area contributed by atoms with Crippen molar-refractivity contribution < 1.29 is 9.90 Å². The highest BCUT2D eigenvalue weighted by molar-refractivity contribution is 5.64. The average molecular weight is 207 g/mol. The molecule has 1 unspecified atom stereocenters. The summed E-state index contributed by atoms with van der Waals surface area (Å²) >= 11 is 0. The maximum absolute atomic E-state index is 10.4. The van der Waals surface area contributed by atoms with Crippen LogP contribution in [0.25, 0.3) is 0 Å². The predicted molar refractivity (Wildman–Crippen MR) is 60.0 cm³/mol. The molecule has 0 fully saturated rings. The molecule has 0 aromatic heterocycles. The van der Waals surface area contributed by atoms with Crippen LogP contribution in [0.3, 0.4) is 0 Å². The monoisotopic (exact) mass is 207 g/mol. The van der Waals surface area contributed by atoms with Gasteiger partial charge in [0.2, 0.25) is 0 Å². The van der Waals surface area contributed by atoms with Crippen molar-refractivity contribution in [3.05, 3.63) is 35.4 Å². The fourth-order valence-corrected chi connectivity index (χ4v) is 1.57. The van der Waals surface area contributed by atoms with E-state index < -0.39 is 6.09 Å². The lowest BCUT2D eigenvalue weighted by molar-refractivity contribution is 0.194. The van der Waals surface area contributed by atoms with Crippen molar-refractivity contribution in [2.75, 3.05) is 0 Å². The maximum atomic E-state index is 10.4. The van der Waals surface area contributed by atoms with Crippen LogP contribution in [-0.4, -0.2) is 11.2 Å². The Morgan fingerprint density at radius 2 is 2.13 bits per heavy atom. The number of carboxylic acid groups (broad SMARTS) is 1.